The summed E-state index contributed by atoms with van der Waals surface area (Å²) in [5.41, 5.74) is 1.43. The van der Waals surface area contributed by atoms with Crippen LogP contribution in [0.1, 0.15) is 20.7 Å². The minimum Gasteiger partial charge on any atom is -0.497 e. The fourth-order valence-corrected chi connectivity index (χ4v) is 2.67. The Morgan fingerprint density at radius 2 is 1.84 bits per heavy atom. The van der Waals surface area contributed by atoms with Crippen LogP contribution in [-0.4, -0.2) is 50.1 Å². The van der Waals surface area contributed by atoms with Crippen molar-refractivity contribution in [1.29, 1.82) is 0 Å². The molecule has 0 spiro atoms. The lowest BCUT2D eigenvalue weighted by Gasteiger charge is -2.27. The number of ether oxygens (including phenoxy) is 2. The third-order valence-corrected chi connectivity index (χ3v) is 4.04. The quantitative estimate of drug-likeness (QED) is 0.928. The predicted octanol–water partition coefficient (Wildman–Crippen LogP) is 2.42. The van der Waals surface area contributed by atoms with Crippen LogP contribution in [0.3, 0.4) is 0 Å². The first kappa shape index (κ1) is 17.0. The fourth-order valence-electron chi connectivity index (χ4n) is 2.67. The minimum atomic E-state index is -0.291. The number of anilines is 1. The standard InChI is InChI=1S/C19H20N2O4/c1-24-15-6-4-5-14(13-15)18(22)20-17-8-3-2-7-16(17)19(23)21-9-11-25-12-10-21/h2-8,13H,9-12H2,1H3,(H,20,22). The summed E-state index contributed by atoms with van der Waals surface area (Å²) in [6, 6.07) is 13.9. The highest BCUT2D eigenvalue weighted by molar-refractivity contribution is 6.09. The molecule has 2 aromatic carbocycles. The molecule has 2 amide bonds. The van der Waals surface area contributed by atoms with Gasteiger partial charge in [0, 0.05) is 18.7 Å². The molecule has 2 aromatic rings. The molecule has 1 N–H and O–H groups in total. The third-order valence-electron chi connectivity index (χ3n) is 4.04. The van der Waals surface area contributed by atoms with E-state index >= 15 is 0 Å². The molecule has 0 atom stereocenters. The summed E-state index contributed by atoms with van der Waals surface area (Å²) in [5.74, 6) is 0.205. The Morgan fingerprint density at radius 1 is 1.08 bits per heavy atom. The zero-order valence-corrected chi connectivity index (χ0v) is 14.0. The number of methoxy groups -OCH3 is 1. The lowest BCUT2D eigenvalue weighted by Crippen LogP contribution is -2.41. The highest BCUT2D eigenvalue weighted by Crippen LogP contribution is 2.20. The molecule has 0 radical (unpaired) electrons. The fraction of sp³-hybridized carbons (Fsp3) is 0.263. The number of morpholine rings is 1. The Kier molecular flexibility index (Phi) is 5.30. The van der Waals surface area contributed by atoms with E-state index in [9.17, 15) is 9.59 Å². The zero-order chi connectivity index (χ0) is 17.6. The van der Waals surface area contributed by atoms with Gasteiger partial charge in [-0.3, -0.25) is 9.59 Å². The Labute approximate surface area is 146 Å². The van der Waals surface area contributed by atoms with Gasteiger partial charge in [0.2, 0.25) is 0 Å². The average molecular weight is 340 g/mol. The van der Waals surface area contributed by atoms with Gasteiger partial charge < -0.3 is 19.7 Å². The number of rotatable bonds is 4. The lowest BCUT2D eigenvalue weighted by atomic mass is 10.1. The number of hydrogen-bond acceptors (Lipinski definition) is 4. The van der Waals surface area contributed by atoms with E-state index in [2.05, 4.69) is 5.32 Å². The monoisotopic (exact) mass is 340 g/mol. The maximum absolute atomic E-state index is 12.7. The molecule has 0 unspecified atom stereocenters. The van der Waals surface area contributed by atoms with Gasteiger partial charge in [0.25, 0.3) is 11.8 Å². The van der Waals surface area contributed by atoms with E-state index in [0.717, 1.165) is 0 Å². The van der Waals surface area contributed by atoms with E-state index in [0.29, 0.717) is 48.9 Å². The van der Waals surface area contributed by atoms with E-state index < -0.39 is 0 Å². The number of nitrogens with zero attached hydrogens (tertiary/aromatic N) is 1. The maximum atomic E-state index is 12.7. The predicted molar refractivity (Wildman–Crippen MR) is 94.1 cm³/mol. The summed E-state index contributed by atoms with van der Waals surface area (Å²) in [7, 11) is 1.55. The van der Waals surface area contributed by atoms with Gasteiger partial charge in [0.15, 0.2) is 0 Å². The van der Waals surface area contributed by atoms with Crippen molar-refractivity contribution >= 4 is 17.5 Å². The van der Waals surface area contributed by atoms with Gasteiger partial charge in [0.1, 0.15) is 5.75 Å². The molecule has 1 heterocycles. The number of benzene rings is 2. The van der Waals surface area contributed by atoms with E-state index in [4.69, 9.17) is 9.47 Å². The SMILES string of the molecule is COc1cccc(C(=O)Nc2ccccc2C(=O)N2CCOCC2)c1. The summed E-state index contributed by atoms with van der Waals surface area (Å²) in [5, 5.41) is 2.82. The van der Waals surface area contributed by atoms with E-state index in [-0.39, 0.29) is 11.8 Å². The highest BCUT2D eigenvalue weighted by Gasteiger charge is 2.21. The topological polar surface area (TPSA) is 67.9 Å². The molecule has 6 nitrogen and oxygen atoms in total. The number of carbonyl (C=O) groups excluding carboxylic acids is 2. The van der Waals surface area contributed by atoms with Crippen LogP contribution in [0.15, 0.2) is 48.5 Å². The number of hydrogen-bond donors (Lipinski definition) is 1. The number of amides is 2. The Balaban J connectivity index is 1.80. The van der Waals surface area contributed by atoms with E-state index in [1.54, 1.807) is 60.5 Å². The first-order valence-electron chi connectivity index (χ1n) is 8.10. The summed E-state index contributed by atoms with van der Waals surface area (Å²) in [6.07, 6.45) is 0. The average Bonchev–Trinajstić information content (AvgIpc) is 2.68. The third kappa shape index (κ3) is 3.97. The van der Waals surface area contributed by atoms with Gasteiger partial charge in [-0.05, 0) is 30.3 Å². The second-order valence-electron chi connectivity index (χ2n) is 5.64. The smallest absolute Gasteiger partial charge is 0.256 e. The summed E-state index contributed by atoms with van der Waals surface area (Å²) in [4.78, 5) is 27.0. The Bertz CT molecular complexity index is 770. The van der Waals surface area contributed by atoms with Gasteiger partial charge in [0.05, 0.1) is 31.6 Å². The number of carbonyl (C=O) groups is 2. The van der Waals surface area contributed by atoms with Gasteiger partial charge in [-0.2, -0.15) is 0 Å². The van der Waals surface area contributed by atoms with Crippen LogP contribution in [0.2, 0.25) is 0 Å². The normalized spacial score (nSPS) is 14.0. The Hall–Kier alpha value is -2.86. The Morgan fingerprint density at radius 3 is 2.60 bits per heavy atom. The molecule has 6 heteroatoms. The molecule has 0 aromatic heterocycles. The van der Waals surface area contributed by atoms with Crippen LogP contribution < -0.4 is 10.1 Å². The number of nitrogens with one attached hydrogen (secondary N) is 1. The van der Waals surface area contributed by atoms with E-state index in [1.807, 2.05) is 0 Å². The van der Waals surface area contributed by atoms with Gasteiger partial charge in [-0.15, -0.1) is 0 Å². The van der Waals surface area contributed by atoms with E-state index in [1.165, 1.54) is 0 Å². The largest absolute Gasteiger partial charge is 0.497 e. The molecule has 0 bridgehead atoms. The first-order chi connectivity index (χ1) is 12.2. The van der Waals surface area contributed by atoms with Crippen molar-refractivity contribution in [2.24, 2.45) is 0 Å². The molecule has 1 aliphatic heterocycles. The first-order valence-corrected chi connectivity index (χ1v) is 8.10. The molecular weight excluding hydrogens is 320 g/mol. The maximum Gasteiger partial charge on any atom is 0.256 e. The van der Waals surface area contributed by atoms with Gasteiger partial charge >= 0.3 is 0 Å². The summed E-state index contributed by atoms with van der Waals surface area (Å²) < 4.78 is 10.4. The summed E-state index contributed by atoms with van der Waals surface area (Å²) in [6.45, 7) is 2.17. The van der Waals surface area contributed by atoms with Crippen LogP contribution in [0.25, 0.3) is 0 Å². The van der Waals surface area contributed by atoms with Crippen molar-refractivity contribution in [3.63, 3.8) is 0 Å². The van der Waals surface area contributed by atoms with Crippen LogP contribution in [0.5, 0.6) is 5.75 Å². The summed E-state index contributed by atoms with van der Waals surface area (Å²) >= 11 is 0. The number of para-hydroxylation sites is 1. The molecule has 0 aliphatic carbocycles. The van der Waals surface area contributed by atoms with Gasteiger partial charge in [-0.25, -0.2) is 0 Å². The molecule has 1 fully saturated rings. The van der Waals surface area contributed by atoms with Crippen LogP contribution in [-0.2, 0) is 4.74 Å². The molecular formula is C19H20N2O4. The van der Waals surface area contributed by atoms with Crippen molar-refractivity contribution in [2.45, 2.75) is 0 Å². The molecule has 3 rings (SSSR count). The highest BCUT2D eigenvalue weighted by atomic mass is 16.5. The molecule has 25 heavy (non-hydrogen) atoms. The second kappa shape index (κ2) is 7.81. The van der Waals surface area contributed by atoms with Crippen molar-refractivity contribution in [3.8, 4) is 5.75 Å². The minimum absolute atomic E-state index is 0.107. The molecule has 1 saturated heterocycles. The van der Waals surface area contributed by atoms with Crippen molar-refractivity contribution < 1.29 is 19.1 Å². The molecule has 0 saturated carbocycles. The van der Waals surface area contributed by atoms with Crippen LogP contribution >= 0.6 is 0 Å². The molecule has 130 valence electrons. The van der Waals surface area contributed by atoms with Crippen LogP contribution in [0.4, 0.5) is 5.69 Å². The van der Waals surface area contributed by atoms with Crippen molar-refractivity contribution in [2.75, 3.05) is 38.7 Å². The second-order valence-corrected chi connectivity index (χ2v) is 5.64. The zero-order valence-electron chi connectivity index (χ0n) is 14.0. The van der Waals surface area contributed by atoms with Crippen LogP contribution in [0, 0.1) is 0 Å². The molecule has 1 aliphatic rings. The lowest BCUT2D eigenvalue weighted by molar-refractivity contribution is 0.0303. The van der Waals surface area contributed by atoms with Gasteiger partial charge in [-0.1, -0.05) is 18.2 Å². The van der Waals surface area contributed by atoms with Crippen molar-refractivity contribution in [1.82, 2.24) is 4.90 Å². The van der Waals surface area contributed by atoms with Crippen molar-refractivity contribution in [3.05, 3.63) is 59.7 Å².